The Bertz CT molecular complexity index is 628. The van der Waals surface area contributed by atoms with Gasteiger partial charge in [-0.1, -0.05) is 0 Å². The quantitative estimate of drug-likeness (QED) is 0.689. The zero-order chi connectivity index (χ0) is 17.2. The van der Waals surface area contributed by atoms with E-state index in [4.69, 9.17) is 9.47 Å². The van der Waals surface area contributed by atoms with Gasteiger partial charge in [0.15, 0.2) is 12.2 Å². The van der Waals surface area contributed by atoms with E-state index >= 15 is 0 Å². The van der Waals surface area contributed by atoms with Crippen LogP contribution < -0.4 is 5.32 Å². The molecule has 7 heteroatoms. The Morgan fingerprint density at radius 3 is 2.74 bits per heavy atom. The number of carbonyl (C=O) groups is 1. The van der Waals surface area contributed by atoms with Gasteiger partial charge in [-0.3, -0.25) is 0 Å². The Morgan fingerprint density at radius 1 is 1.43 bits per heavy atom. The first-order valence-electron chi connectivity index (χ1n) is 7.09. The van der Waals surface area contributed by atoms with E-state index in [2.05, 4.69) is 5.32 Å². The van der Waals surface area contributed by atoms with Gasteiger partial charge in [-0.2, -0.15) is 0 Å². The smallest absolute Gasteiger partial charge is 0.407 e. The molecular formula is C16H18F2INO3. The summed E-state index contributed by atoms with van der Waals surface area (Å²) in [5.74, 6) is -0.612. The number of rotatable bonds is 2. The van der Waals surface area contributed by atoms with Crippen LogP contribution in [0.3, 0.4) is 0 Å². The largest absolute Gasteiger partial charge is 0.485 e. The maximum atomic E-state index is 14.0. The lowest BCUT2D eigenvalue weighted by Crippen LogP contribution is -2.42. The number of halogens is 3. The predicted octanol–water partition coefficient (Wildman–Crippen LogP) is 4.60. The van der Waals surface area contributed by atoms with Gasteiger partial charge in [0, 0.05) is 21.6 Å². The maximum Gasteiger partial charge on any atom is 0.407 e. The highest BCUT2D eigenvalue weighted by molar-refractivity contribution is 14.1. The minimum Gasteiger partial charge on any atom is -0.485 e. The van der Waals surface area contributed by atoms with Crippen molar-refractivity contribution in [2.45, 2.75) is 44.9 Å². The van der Waals surface area contributed by atoms with Gasteiger partial charge in [-0.05, 0) is 61.6 Å². The number of amides is 1. The van der Waals surface area contributed by atoms with Crippen molar-refractivity contribution < 1.29 is 23.0 Å². The highest BCUT2D eigenvalue weighted by Crippen LogP contribution is 2.39. The first-order chi connectivity index (χ1) is 10.7. The lowest BCUT2D eigenvalue weighted by molar-refractivity contribution is 0.0315. The van der Waals surface area contributed by atoms with Crippen molar-refractivity contribution in [3.8, 4) is 0 Å². The third kappa shape index (κ3) is 4.79. The second-order valence-electron chi connectivity index (χ2n) is 6.30. The number of benzene rings is 1. The van der Waals surface area contributed by atoms with Crippen LogP contribution in [0, 0.1) is 11.6 Å². The third-order valence-electron chi connectivity index (χ3n) is 3.14. The van der Waals surface area contributed by atoms with Crippen LogP contribution >= 0.6 is 22.6 Å². The first kappa shape index (κ1) is 18.0. The summed E-state index contributed by atoms with van der Waals surface area (Å²) in [7, 11) is 0. The van der Waals surface area contributed by atoms with Gasteiger partial charge in [0.05, 0.1) is 0 Å². The molecule has 0 spiro atoms. The Labute approximate surface area is 147 Å². The molecule has 0 aliphatic carbocycles. The second kappa shape index (κ2) is 7.02. The molecule has 0 aromatic heterocycles. The second-order valence-corrected chi connectivity index (χ2v) is 6.93. The van der Waals surface area contributed by atoms with Crippen LogP contribution in [0.5, 0.6) is 0 Å². The molecule has 1 aliphatic rings. The molecule has 1 aromatic carbocycles. The lowest BCUT2D eigenvalue weighted by atomic mass is 10.0. The standard InChI is InChI=1S/C16H18F2INO3/c1-16(2,3)20-15(21)23-13-7-10(8-19)22-14(13)11-6-9(17)4-5-12(11)18/h4-6,8,13-14H,7H2,1-3H3,(H,20,21)/t13-,14-/m0/s1. The van der Waals surface area contributed by atoms with E-state index in [0.29, 0.717) is 12.2 Å². The van der Waals surface area contributed by atoms with Gasteiger partial charge in [0.1, 0.15) is 17.4 Å². The van der Waals surface area contributed by atoms with Crippen LogP contribution in [0.1, 0.15) is 38.9 Å². The summed E-state index contributed by atoms with van der Waals surface area (Å²) in [5, 5.41) is 2.67. The zero-order valence-electron chi connectivity index (χ0n) is 13.0. The molecule has 0 bridgehead atoms. The summed E-state index contributed by atoms with van der Waals surface area (Å²) in [6.07, 6.45) is -1.92. The van der Waals surface area contributed by atoms with Crippen molar-refractivity contribution >= 4 is 28.7 Å². The highest BCUT2D eigenvalue weighted by atomic mass is 127. The van der Waals surface area contributed by atoms with Crippen molar-refractivity contribution in [3.63, 3.8) is 0 Å². The zero-order valence-corrected chi connectivity index (χ0v) is 15.2. The Balaban J connectivity index is 2.22. The van der Waals surface area contributed by atoms with Crippen LogP contribution in [-0.4, -0.2) is 17.7 Å². The average Bonchev–Trinajstić information content (AvgIpc) is 2.82. The number of nitrogens with one attached hydrogen (secondary N) is 1. The minimum absolute atomic E-state index is 0.0341. The van der Waals surface area contributed by atoms with Crippen molar-refractivity contribution in [1.82, 2.24) is 5.32 Å². The van der Waals surface area contributed by atoms with Crippen molar-refractivity contribution in [3.05, 3.63) is 45.2 Å². The van der Waals surface area contributed by atoms with Crippen LogP contribution in [0.25, 0.3) is 0 Å². The molecular weight excluding hydrogens is 419 g/mol. The number of carbonyl (C=O) groups excluding carboxylic acids is 1. The maximum absolute atomic E-state index is 14.0. The van der Waals surface area contributed by atoms with Gasteiger partial charge >= 0.3 is 6.09 Å². The number of hydrogen-bond acceptors (Lipinski definition) is 3. The molecule has 1 amide bonds. The van der Waals surface area contributed by atoms with Crippen molar-refractivity contribution in [2.75, 3.05) is 0 Å². The lowest BCUT2D eigenvalue weighted by Gasteiger charge is -2.24. The van der Waals surface area contributed by atoms with E-state index in [1.165, 1.54) is 0 Å². The van der Waals surface area contributed by atoms with E-state index < -0.39 is 35.5 Å². The van der Waals surface area contributed by atoms with Crippen molar-refractivity contribution in [2.24, 2.45) is 0 Å². The van der Waals surface area contributed by atoms with Gasteiger partial charge in [0.25, 0.3) is 0 Å². The number of hydrogen-bond donors (Lipinski definition) is 1. The third-order valence-corrected chi connectivity index (χ3v) is 3.83. The molecule has 1 aromatic rings. The van der Waals surface area contributed by atoms with Crippen molar-refractivity contribution in [1.29, 1.82) is 0 Å². The molecule has 0 saturated carbocycles. The van der Waals surface area contributed by atoms with Gasteiger partial charge in [0.2, 0.25) is 0 Å². The average molecular weight is 437 g/mol. The van der Waals surface area contributed by atoms with E-state index in [1.54, 1.807) is 4.08 Å². The normalized spacial score (nSPS) is 22.8. The first-order valence-corrected chi connectivity index (χ1v) is 8.34. The summed E-state index contributed by atoms with van der Waals surface area (Å²) < 4.78 is 40.1. The summed E-state index contributed by atoms with van der Waals surface area (Å²) in [6, 6.07) is 3.13. The van der Waals surface area contributed by atoms with Gasteiger partial charge in [-0.15, -0.1) is 0 Å². The molecule has 126 valence electrons. The minimum atomic E-state index is -0.877. The highest BCUT2D eigenvalue weighted by Gasteiger charge is 2.38. The molecule has 1 fully saturated rings. The Kier molecular flexibility index (Phi) is 5.49. The molecule has 1 aliphatic heterocycles. The molecule has 0 unspecified atom stereocenters. The predicted molar refractivity (Wildman–Crippen MR) is 90.1 cm³/mol. The fourth-order valence-electron chi connectivity index (χ4n) is 2.24. The fourth-order valence-corrected chi connectivity index (χ4v) is 2.64. The molecule has 1 heterocycles. The van der Waals surface area contributed by atoms with E-state index in [-0.39, 0.29) is 5.56 Å². The summed E-state index contributed by atoms with van der Waals surface area (Å²) in [6.45, 7) is 5.46. The van der Waals surface area contributed by atoms with E-state index in [9.17, 15) is 13.6 Å². The van der Waals surface area contributed by atoms with Crippen LogP contribution in [-0.2, 0) is 9.47 Å². The van der Waals surface area contributed by atoms with Gasteiger partial charge < -0.3 is 14.8 Å². The molecule has 23 heavy (non-hydrogen) atoms. The monoisotopic (exact) mass is 437 g/mol. The molecule has 4 nitrogen and oxygen atoms in total. The summed E-state index contributed by atoms with van der Waals surface area (Å²) in [5.41, 5.74) is -0.426. The molecule has 0 radical (unpaired) electrons. The fraction of sp³-hybridized carbons (Fsp3) is 0.438. The Hall–Kier alpha value is -1.38. The van der Waals surface area contributed by atoms with Crippen LogP contribution in [0.4, 0.5) is 13.6 Å². The molecule has 1 saturated heterocycles. The number of alkyl carbamates (subject to hydrolysis) is 1. The topological polar surface area (TPSA) is 47.6 Å². The summed E-state index contributed by atoms with van der Waals surface area (Å²) in [4.78, 5) is 12.0. The SMILES string of the molecule is CC(C)(C)NC(=O)O[C@H]1CC(=CI)O[C@H]1c1cc(F)ccc1F. The van der Waals surface area contributed by atoms with E-state index in [1.807, 2.05) is 43.4 Å². The Morgan fingerprint density at radius 2 is 2.13 bits per heavy atom. The number of ether oxygens (including phenoxy) is 2. The summed E-state index contributed by atoms with van der Waals surface area (Å²) >= 11 is 1.99. The van der Waals surface area contributed by atoms with Crippen LogP contribution in [0.2, 0.25) is 0 Å². The van der Waals surface area contributed by atoms with Gasteiger partial charge in [-0.25, -0.2) is 13.6 Å². The molecule has 2 atom stereocenters. The molecule has 1 N–H and O–H groups in total. The van der Waals surface area contributed by atoms with Crippen LogP contribution in [0.15, 0.2) is 28.0 Å². The molecule has 2 rings (SSSR count). The van der Waals surface area contributed by atoms with E-state index in [0.717, 1.165) is 18.2 Å².